The van der Waals surface area contributed by atoms with Crippen LogP contribution in [-0.4, -0.2) is 42.1 Å². The van der Waals surface area contributed by atoms with Crippen LogP contribution in [0.5, 0.6) is 0 Å². The van der Waals surface area contributed by atoms with Gasteiger partial charge in [-0.25, -0.2) is 0 Å². The topological polar surface area (TPSA) is 52.6 Å². The van der Waals surface area contributed by atoms with Gasteiger partial charge in [-0.1, -0.05) is 23.7 Å². The summed E-state index contributed by atoms with van der Waals surface area (Å²) in [5, 5.41) is 13.7. The van der Waals surface area contributed by atoms with E-state index in [-0.39, 0.29) is 11.9 Å². The molecule has 0 saturated carbocycles. The number of amides is 1. The number of carbonyl (C=O) groups is 1. The van der Waals surface area contributed by atoms with Gasteiger partial charge in [0.15, 0.2) is 0 Å². The molecule has 2 N–H and O–H groups in total. The van der Waals surface area contributed by atoms with Crippen molar-refractivity contribution in [2.75, 3.05) is 20.1 Å². The van der Waals surface area contributed by atoms with Gasteiger partial charge in [0.2, 0.25) is 5.91 Å². The van der Waals surface area contributed by atoms with Crippen molar-refractivity contribution in [3.63, 3.8) is 0 Å². The Bertz CT molecular complexity index is 408. The van der Waals surface area contributed by atoms with Gasteiger partial charge in [-0.3, -0.25) is 4.79 Å². The lowest BCUT2D eigenvalue weighted by atomic mass is 10.1. The van der Waals surface area contributed by atoms with E-state index in [9.17, 15) is 9.90 Å². The molecule has 0 heterocycles. The third-order valence-corrected chi connectivity index (χ3v) is 3.35. The monoisotopic (exact) mass is 284 g/mol. The third-order valence-electron chi connectivity index (χ3n) is 3.09. The summed E-state index contributed by atoms with van der Waals surface area (Å²) >= 11 is 5.79. The average molecular weight is 285 g/mol. The summed E-state index contributed by atoms with van der Waals surface area (Å²) in [4.78, 5) is 13.5. The Morgan fingerprint density at radius 3 is 2.53 bits per heavy atom. The molecular formula is C14H21ClN2O2. The van der Waals surface area contributed by atoms with E-state index in [4.69, 9.17) is 11.6 Å². The Balaban J connectivity index is 2.48. The Labute approximate surface area is 119 Å². The molecular weight excluding hydrogens is 264 g/mol. The maximum atomic E-state index is 11.8. The highest BCUT2D eigenvalue weighted by Gasteiger charge is 2.17. The zero-order valence-electron chi connectivity index (χ0n) is 11.6. The van der Waals surface area contributed by atoms with Gasteiger partial charge in [0, 0.05) is 25.2 Å². The first kappa shape index (κ1) is 16.0. The zero-order valence-corrected chi connectivity index (χ0v) is 12.3. The van der Waals surface area contributed by atoms with Gasteiger partial charge in [0.25, 0.3) is 0 Å². The molecule has 1 aromatic carbocycles. The number of carbonyl (C=O) groups excluding carboxylic acids is 1. The van der Waals surface area contributed by atoms with Crippen LogP contribution in [0.3, 0.4) is 0 Å². The van der Waals surface area contributed by atoms with Gasteiger partial charge in [-0.15, -0.1) is 0 Å². The molecule has 1 rings (SSSR count). The smallest absolute Gasteiger partial charge is 0.239 e. The summed E-state index contributed by atoms with van der Waals surface area (Å²) in [6.45, 7) is 4.72. The van der Waals surface area contributed by atoms with Crippen molar-refractivity contribution in [3.05, 3.63) is 34.9 Å². The van der Waals surface area contributed by atoms with E-state index in [1.54, 1.807) is 43.1 Å². The second-order valence-electron chi connectivity index (χ2n) is 4.55. The molecule has 0 aliphatic carbocycles. The average Bonchev–Trinajstić information content (AvgIpc) is 2.43. The van der Waals surface area contributed by atoms with Crippen LogP contribution in [0.15, 0.2) is 24.3 Å². The Morgan fingerprint density at radius 2 is 2.00 bits per heavy atom. The zero-order chi connectivity index (χ0) is 14.4. The largest absolute Gasteiger partial charge is 0.387 e. The molecule has 0 spiro atoms. The highest BCUT2D eigenvalue weighted by Crippen LogP contribution is 2.15. The molecule has 0 aliphatic heterocycles. The maximum absolute atomic E-state index is 11.8. The summed E-state index contributed by atoms with van der Waals surface area (Å²) in [6.07, 6.45) is -0.653. The first-order chi connectivity index (χ1) is 8.95. The minimum atomic E-state index is -0.653. The van der Waals surface area contributed by atoms with E-state index >= 15 is 0 Å². The lowest BCUT2D eigenvalue weighted by Gasteiger charge is -2.22. The highest BCUT2D eigenvalue weighted by molar-refractivity contribution is 6.30. The summed E-state index contributed by atoms with van der Waals surface area (Å²) in [5.74, 6) is 0.0193. The second-order valence-corrected chi connectivity index (χ2v) is 4.99. The lowest BCUT2D eigenvalue weighted by molar-refractivity contribution is -0.131. The van der Waals surface area contributed by atoms with E-state index in [1.807, 2.05) is 6.92 Å². The summed E-state index contributed by atoms with van der Waals surface area (Å²) in [7, 11) is 1.76. The van der Waals surface area contributed by atoms with E-state index in [0.29, 0.717) is 18.1 Å². The van der Waals surface area contributed by atoms with Crippen molar-refractivity contribution in [2.45, 2.75) is 26.0 Å². The number of benzene rings is 1. The highest BCUT2D eigenvalue weighted by atomic mass is 35.5. The molecule has 5 heteroatoms. The van der Waals surface area contributed by atoms with E-state index in [0.717, 1.165) is 5.56 Å². The summed E-state index contributed by atoms with van der Waals surface area (Å²) in [5.41, 5.74) is 0.778. The van der Waals surface area contributed by atoms with Gasteiger partial charge in [-0.2, -0.15) is 0 Å². The molecule has 1 aromatic rings. The Morgan fingerprint density at radius 1 is 1.42 bits per heavy atom. The standard InChI is InChI=1S/C14H21ClN2O2/c1-4-17(3)14(19)10(2)16-9-13(18)11-5-7-12(15)8-6-11/h5-8,10,13,16,18H,4,9H2,1-3H3. The van der Waals surface area contributed by atoms with Crippen LogP contribution in [0, 0.1) is 0 Å². The quantitative estimate of drug-likeness (QED) is 0.838. The maximum Gasteiger partial charge on any atom is 0.239 e. The number of rotatable bonds is 6. The molecule has 2 unspecified atom stereocenters. The van der Waals surface area contributed by atoms with Crippen LogP contribution in [0.1, 0.15) is 25.5 Å². The number of hydrogen-bond donors (Lipinski definition) is 2. The first-order valence-corrected chi connectivity index (χ1v) is 6.75. The van der Waals surface area contributed by atoms with Gasteiger partial charge in [-0.05, 0) is 31.5 Å². The summed E-state index contributed by atoms with van der Waals surface area (Å²) in [6, 6.07) is 6.71. The fourth-order valence-corrected chi connectivity index (χ4v) is 1.79. The molecule has 0 fully saturated rings. The number of likely N-dealkylation sites (N-methyl/N-ethyl adjacent to an activating group) is 1. The number of aliphatic hydroxyl groups is 1. The molecule has 106 valence electrons. The Hall–Kier alpha value is -1.10. The van der Waals surface area contributed by atoms with Gasteiger partial charge < -0.3 is 15.3 Å². The number of halogens is 1. The third kappa shape index (κ3) is 4.82. The van der Waals surface area contributed by atoms with Crippen molar-refractivity contribution in [2.24, 2.45) is 0 Å². The van der Waals surface area contributed by atoms with E-state index < -0.39 is 6.10 Å². The summed E-state index contributed by atoms with van der Waals surface area (Å²) < 4.78 is 0. The molecule has 2 atom stereocenters. The van der Waals surface area contributed by atoms with Crippen molar-refractivity contribution in [1.82, 2.24) is 10.2 Å². The normalized spacial score (nSPS) is 13.9. The number of nitrogens with zero attached hydrogens (tertiary/aromatic N) is 1. The molecule has 0 aliphatic rings. The lowest BCUT2D eigenvalue weighted by Crippen LogP contribution is -2.44. The van der Waals surface area contributed by atoms with Gasteiger partial charge in [0.05, 0.1) is 12.1 Å². The number of aliphatic hydroxyl groups excluding tert-OH is 1. The Kier molecular flexibility index (Phi) is 6.28. The fourth-order valence-electron chi connectivity index (χ4n) is 1.66. The van der Waals surface area contributed by atoms with Crippen LogP contribution < -0.4 is 5.32 Å². The van der Waals surface area contributed by atoms with Crippen molar-refractivity contribution >= 4 is 17.5 Å². The molecule has 19 heavy (non-hydrogen) atoms. The van der Waals surface area contributed by atoms with Gasteiger partial charge >= 0.3 is 0 Å². The van der Waals surface area contributed by atoms with Crippen LogP contribution in [0.25, 0.3) is 0 Å². The fraction of sp³-hybridized carbons (Fsp3) is 0.500. The van der Waals surface area contributed by atoms with Crippen molar-refractivity contribution < 1.29 is 9.90 Å². The SMILES string of the molecule is CCN(C)C(=O)C(C)NCC(O)c1ccc(Cl)cc1. The molecule has 0 radical (unpaired) electrons. The minimum absolute atomic E-state index is 0.0193. The first-order valence-electron chi connectivity index (χ1n) is 6.37. The predicted octanol–water partition coefficient (Wildman–Crippen LogP) is 1.83. The molecule has 4 nitrogen and oxygen atoms in total. The van der Waals surface area contributed by atoms with E-state index in [1.165, 1.54) is 0 Å². The molecule has 1 amide bonds. The van der Waals surface area contributed by atoms with E-state index in [2.05, 4.69) is 5.32 Å². The second kappa shape index (κ2) is 7.48. The molecule has 0 saturated heterocycles. The van der Waals surface area contributed by atoms with Gasteiger partial charge in [0.1, 0.15) is 0 Å². The number of nitrogens with one attached hydrogen (secondary N) is 1. The van der Waals surface area contributed by atoms with Crippen molar-refractivity contribution in [3.8, 4) is 0 Å². The van der Waals surface area contributed by atoms with Crippen LogP contribution in [0.2, 0.25) is 5.02 Å². The number of hydrogen-bond acceptors (Lipinski definition) is 3. The molecule has 0 bridgehead atoms. The van der Waals surface area contributed by atoms with Crippen LogP contribution >= 0.6 is 11.6 Å². The van der Waals surface area contributed by atoms with Crippen molar-refractivity contribution in [1.29, 1.82) is 0 Å². The van der Waals surface area contributed by atoms with Crippen LogP contribution in [0.4, 0.5) is 0 Å². The predicted molar refractivity (Wildman–Crippen MR) is 77.2 cm³/mol. The van der Waals surface area contributed by atoms with Crippen LogP contribution in [-0.2, 0) is 4.79 Å². The molecule has 0 aromatic heterocycles. The minimum Gasteiger partial charge on any atom is -0.387 e.